The number of primary amides is 1. The van der Waals surface area contributed by atoms with Gasteiger partial charge in [0.05, 0.1) is 0 Å². The quantitative estimate of drug-likeness (QED) is 0.903. The highest BCUT2D eigenvalue weighted by Crippen LogP contribution is 2.47. The van der Waals surface area contributed by atoms with Crippen molar-refractivity contribution in [3.8, 4) is 0 Å². The lowest BCUT2D eigenvalue weighted by molar-refractivity contribution is -0.117. The summed E-state index contributed by atoms with van der Waals surface area (Å²) in [5.74, 6) is -0.103. The van der Waals surface area contributed by atoms with E-state index in [2.05, 4.69) is 17.4 Å². The zero-order valence-corrected chi connectivity index (χ0v) is 11.5. The molecule has 3 rings (SSSR count). The van der Waals surface area contributed by atoms with Crippen LogP contribution in [0.25, 0.3) is 0 Å². The minimum absolute atomic E-state index is 0.0238. The molecule has 2 amide bonds. The Hall–Kier alpha value is -2.62. The fourth-order valence-electron chi connectivity index (χ4n) is 2.51. The number of hydrogen-bond acceptors (Lipinski definition) is 2. The van der Waals surface area contributed by atoms with Gasteiger partial charge in [0.25, 0.3) is 0 Å². The van der Waals surface area contributed by atoms with Crippen LogP contribution in [0.4, 0.5) is 5.69 Å². The van der Waals surface area contributed by atoms with E-state index < -0.39 is 5.91 Å². The van der Waals surface area contributed by atoms with Crippen molar-refractivity contribution in [1.29, 1.82) is 0 Å². The van der Waals surface area contributed by atoms with Crippen molar-refractivity contribution in [2.24, 2.45) is 11.7 Å². The van der Waals surface area contributed by atoms with Crippen molar-refractivity contribution in [1.82, 2.24) is 0 Å². The second-order valence-electron chi connectivity index (χ2n) is 5.29. The van der Waals surface area contributed by atoms with Crippen LogP contribution >= 0.6 is 0 Å². The van der Waals surface area contributed by atoms with E-state index in [4.69, 9.17) is 5.73 Å². The first-order valence-electron chi connectivity index (χ1n) is 6.91. The van der Waals surface area contributed by atoms with Crippen molar-refractivity contribution in [2.75, 3.05) is 5.32 Å². The SMILES string of the molecule is NC(=O)c1ccc(NC(=O)[C@@H]2C[C@H]2c2ccccc2)cc1. The molecular weight excluding hydrogens is 264 g/mol. The van der Waals surface area contributed by atoms with Gasteiger partial charge in [0, 0.05) is 17.2 Å². The van der Waals surface area contributed by atoms with E-state index in [9.17, 15) is 9.59 Å². The summed E-state index contributed by atoms with van der Waals surface area (Å²) in [6, 6.07) is 16.7. The minimum Gasteiger partial charge on any atom is -0.366 e. The molecule has 0 aliphatic heterocycles. The Morgan fingerprint density at radius 3 is 2.29 bits per heavy atom. The molecular formula is C17H16N2O2. The van der Waals surface area contributed by atoms with Crippen LogP contribution in [-0.4, -0.2) is 11.8 Å². The topological polar surface area (TPSA) is 72.2 Å². The lowest BCUT2D eigenvalue weighted by Gasteiger charge is -2.05. The van der Waals surface area contributed by atoms with Gasteiger partial charge in [-0.1, -0.05) is 30.3 Å². The Labute approximate surface area is 123 Å². The van der Waals surface area contributed by atoms with Crippen LogP contribution in [0.15, 0.2) is 54.6 Å². The Morgan fingerprint density at radius 1 is 1.00 bits per heavy atom. The van der Waals surface area contributed by atoms with Gasteiger partial charge in [0.2, 0.25) is 11.8 Å². The molecule has 1 aliphatic carbocycles. The summed E-state index contributed by atoms with van der Waals surface area (Å²) in [6.07, 6.45) is 0.884. The van der Waals surface area contributed by atoms with Crippen molar-refractivity contribution < 1.29 is 9.59 Å². The maximum absolute atomic E-state index is 12.2. The lowest BCUT2D eigenvalue weighted by Crippen LogP contribution is -2.15. The molecule has 0 spiro atoms. The molecule has 2 atom stereocenters. The average molecular weight is 280 g/mol. The second kappa shape index (κ2) is 5.40. The van der Waals surface area contributed by atoms with Gasteiger partial charge in [0.15, 0.2) is 0 Å². The first kappa shape index (κ1) is 13.4. The average Bonchev–Trinajstić information content (AvgIpc) is 3.29. The Morgan fingerprint density at radius 2 is 1.67 bits per heavy atom. The van der Waals surface area contributed by atoms with Gasteiger partial charge in [-0.25, -0.2) is 0 Å². The number of carbonyl (C=O) groups is 2. The number of nitrogens with two attached hydrogens (primary N) is 1. The summed E-state index contributed by atoms with van der Waals surface area (Å²) in [5, 5.41) is 2.88. The predicted molar refractivity (Wildman–Crippen MR) is 80.9 cm³/mol. The van der Waals surface area contributed by atoms with Gasteiger partial charge in [0.1, 0.15) is 0 Å². The third-order valence-electron chi connectivity index (χ3n) is 3.79. The Balaban J connectivity index is 1.62. The molecule has 1 saturated carbocycles. The molecule has 3 N–H and O–H groups in total. The molecule has 21 heavy (non-hydrogen) atoms. The number of hydrogen-bond donors (Lipinski definition) is 2. The molecule has 0 aromatic heterocycles. The summed E-state index contributed by atoms with van der Waals surface area (Å²) in [7, 11) is 0. The van der Waals surface area contributed by atoms with Gasteiger partial charge in [-0.05, 0) is 42.2 Å². The summed E-state index contributed by atoms with van der Waals surface area (Å²) >= 11 is 0. The molecule has 0 radical (unpaired) electrons. The molecule has 2 aromatic rings. The first-order valence-corrected chi connectivity index (χ1v) is 6.91. The molecule has 4 heteroatoms. The van der Waals surface area contributed by atoms with Crippen LogP contribution in [0.5, 0.6) is 0 Å². The number of amides is 2. The minimum atomic E-state index is -0.473. The zero-order valence-electron chi connectivity index (χ0n) is 11.5. The summed E-state index contributed by atoms with van der Waals surface area (Å²) in [5.41, 5.74) is 7.51. The maximum atomic E-state index is 12.2. The van der Waals surface area contributed by atoms with Gasteiger partial charge in [-0.3, -0.25) is 9.59 Å². The van der Waals surface area contributed by atoms with E-state index in [0.29, 0.717) is 17.2 Å². The van der Waals surface area contributed by atoms with Crippen molar-refractivity contribution in [2.45, 2.75) is 12.3 Å². The Kier molecular flexibility index (Phi) is 3.44. The van der Waals surface area contributed by atoms with Crippen LogP contribution in [0.2, 0.25) is 0 Å². The maximum Gasteiger partial charge on any atom is 0.248 e. The van der Waals surface area contributed by atoms with Crippen LogP contribution in [0.1, 0.15) is 28.3 Å². The van der Waals surface area contributed by atoms with Crippen LogP contribution in [0.3, 0.4) is 0 Å². The third-order valence-corrected chi connectivity index (χ3v) is 3.79. The highest BCUT2D eigenvalue weighted by atomic mass is 16.2. The van der Waals surface area contributed by atoms with Crippen LogP contribution in [0, 0.1) is 5.92 Å². The largest absolute Gasteiger partial charge is 0.366 e. The molecule has 0 saturated heterocycles. The number of carbonyl (C=O) groups excluding carboxylic acids is 2. The summed E-state index contributed by atoms with van der Waals surface area (Å²) in [6.45, 7) is 0. The summed E-state index contributed by atoms with van der Waals surface area (Å²) in [4.78, 5) is 23.2. The highest BCUT2D eigenvalue weighted by molar-refractivity contribution is 5.96. The van der Waals surface area contributed by atoms with Gasteiger partial charge in [-0.15, -0.1) is 0 Å². The monoisotopic (exact) mass is 280 g/mol. The van der Waals surface area contributed by atoms with Crippen molar-refractivity contribution >= 4 is 17.5 Å². The molecule has 1 aliphatic rings. The number of rotatable bonds is 4. The zero-order chi connectivity index (χ0) is 14.8. The fourth-order valence-corrected chi connectivity index (χ4v) is 2.51. The number of anilines is 1. The fraction of sp³-hybridized carbons (Fsp3) is 0.176. The van der Waals surface area contributed by atoms with Crippen molar-refractivity contribution in [3.63, 3.8) is 0 Å². The normalized spacial score (nSPS) is 19.8. The first-order chi connectivity index (χ1) is 10.1. The lowest BCUT2D eigenvalue weighted by atomic mass is 10.1. The van der Waals surface area contributed by atoms with Gasteiger partial charge in [-0.2, -0.15) is 0 Å². The number of benzene rings is 2. The molecule has 2 aromatic carbocycles. The molecule has 1 fully saturated rings. The Bertz CT molecular complexity index is 665. The van der Waals surface area contributed by atoms with E-state index in [1.807, 2.05) is 18.2 Å². The van der Waals surface area contributed by atoms with Gasteiger partial charge < -0.3 is 11.1 Å². The smallest absolute Gasteiger partial charge is 0.248 e. The van der Waals surface area contributed by atoms with E-state index in [1.54, 1.807) is 24.3 Å². The molecule has 0 heterocycles. The van der Waals surface area contributed by atoms with Crippen LogP contribution in [-0.2, 0) is 4.79 Å². The second-order valence-corrected chi connectivity index (χ2v) is 5.29. The van der Waals surface area contributed by atoms with E-state index in [0.717, 1.165) is 6.42 Å². The van der Waals surface area contributed by atoms with Crippen molar-refractivity contribution in [3.05, 3.63) is 65.7 Å². The van der Waals surface area contributed by atoms with E-state index >= 15 is 0 Å². The summed E-state index contributed by atoms with van der Waals surface area (Å²) < 4.78 is 0. The van der Waals surface area contributed by atoms with Gasteiger partial charge >= 0.3 is 0 Å². The highest BCUT2D eigenvalue weighted by Gasteiger charge is 2.43. The van der Waals surface area contributed by atoms with E-state index in [-0.39, 0.29) is 11.8 Å². The predicted octanol–water partition coefficient (Wildman–Crippen LogP) is 2.53. The molecule has 106 valence electrons. The molecule has 0 unspecified atom stereocenters. The number of nitrogens with one attached hydrogen (secondary N) is 1. The van der Waals surface area contributed by atoms with Crippen LogP contribution < -0.4 is 11.1 Å². The van der Waals surface area contributed by atoms with E-state index in [1.165, 1.54) is 5.56 Å². The molecule has 0 bridgehead atoms. The third kappa shape index (κ3) is 2.94. The molecule has 4 nitrogen and oxygen atoms in total. The standard InChI is InChI=1S/C17H16N2O2/c18-16(20)12-6-8-13(9-7-12)19-17(21)15-10-14(15)11-4-2-1-3-5-11/h1-9,14-15H,10H2,(H2,18,20)(H,19,21)/t14-,15+/m0/s1.